The van der Waals surface area contributed by atoms with E-state index in [-0.39, 0.29) is 11.7 Å². The molecule has 0 aliphatic heterocycles. The number of carbonyl (C=O) groups is 1. The van der Waals surface area contributed by atoms with Crippen molar-refractivity contribution in [3.8, 4) is 0 Å². The van der Waals surface area contributed by atoms with Crippen LogP contribution >= 0.6 is 23.1 Å². The summed E-state index contributed by atoms with van der Waals surface area (Å²) in [4.78, 5) is 12.0. The molecule has 140 valence electrons. The highest BCUT2D eigenvalue weighted by molar-refractivity contribution is 7.99. The monoisotopic (exact) mass is 392 g/mol. The standard InChI is InChI=1S/C17H24N6OS2/c1-2-10-23-14(9-8-13-6-4-3-5-7-13)20-22-17(23)25-11-15(24)19-16-21-18-12-26-16/h2,12-13H,1,3-11H2,(H,19,21,24). The van der Waals surface area contributed by atoms with Gasteiger partial charge >= 0.3 is 0 Å². The second-order valence-electron chi connectivity index (χ2n) is 6.42. The lowest BCUT2D eigenvalue weighted by molar-refractivity contribution is -0.113. The first-order valence-electron chi connectivity index (χ1n) is 8.98. The minimum atomic E-state index is -0.122. The van der Waals surface area contributed by atoms with E-state index >= 15 is 0 Å². The highest BCUT2D eigenvalue weighted by Crippen LogP contribution is 2.28. The molecule has 26 heavy (non-hydrogen) atoms. The van der Waals surface area contributed by atoms with Crippen molar-refractivity contribution in [2.45, 2.75) is 56.6 Å². The summed E-state index contributed by atoms with van der Waals surface area (Å²) in [6.07, 6.45) is 10.7. The van der Waals surface area contributed by atoms with Crippen LogP contribution in [0.3, 0.4) is 0 Å². The van der Waals surface area contributed by atoms with E-state index < -0.39 is 0 Å². The van der Waals surface area contributed by atoms with Crippen molar-refractivity contribution in [2.75, 3.05) is 11.1 Å². The first-order chi connectivity index (χ1) is 12.8. The third-order valence-electron chi connectivity index (χ3n) is 4.54. The van der Waals surface area contributed by atoms with E-state index in [4.69, 9.17) is 0 Å². The molecule has 3 rings (SSSR count). The Bertz CT molecular complexity index is 709. The maximum absolute atomic E-state index is 12.0. The lowest BCUT2D eigenvalue weighted by Gasteiger charge is -2.21. The molecule has 0 spiro atoms. The molecule has 2 aromatic rings. The minimum absolute atomic E-state index is 0.122. The van der Waals surface area contributed by atoms with Gasteiger partial charge in [-0.05, 0) is 12.3 Å². The number of aryl methyl sites for hydroxylation is 1. The van der Waals surface area contributed by atoms with Crippen LogP contribution in [-0.2, 0) is 17.8 Å². The summed E-state index contributed by atoms with van der Waals surface area (Å²) < 4.78 is 2.07. The maximum atomic E-state index is 12.0. The van der Waals surface area contributed by atoms with E-state index in [1.54, 1.807) is 5.51 Å². The van der Waals surface area contributed by atoms with E-state index in [1.165, 1.54) is 55.2 Å². The second-order valence-corrected chi connectivity index (χ2v) is 8.20. The van der Waals surface area contributed by atoms with Gasteiger partial charge < -0.3 is 4.57 Å². The highest BCUT2D eigenvalue weighted by Gasteiger charge is 2.17. The van der Waals surface area contributed by atoms with Gasteiger partial charge in [0.25, 0.3) is 0 Å². The normalized spacial score (nSPS) is 15.1. The third kappa shape index (κ3) is 5.38. The Morgan fingerprint density at radius 2 is 2.19 bits per heavy atom. The average Bonchev–Trinajstić information content (AvgIpc) is 3.30. The Balaban J connectivity index is 1.55. The van der Waals surface area contributed by atoms with Crippen LogP contribution in [0.2, 0.25) is 0 Å². The minimum Gasteiger partial charge on any atom is -0.302 e. The molecule has 1 aliphatic rings. The fraction of sp³-hybridized carbons (Fsp3) is 0.588. The summed E-state index contributed by atoms with van der Waals surface area (Å²) in [6.45, 7) is 4.49. The summed E-state index contributed by atoms with van der Waals surface area (Å²) in [5, 5.41) is 20.2. The Labute approximate surface area is 161 Å². The van der Waals surface area contributed by atoms with Crippen molar-refractivity contribution in [3.63, 3.8) is 0 Å². The van der Waals surface area contributed by atoms with Gasteiger partial charge in [-0.25, -0.2) is 0 Å². The molecule has 7 nitrogen and oxygen atoms in total. The van der Waals surface area contributed by atoms with Gasteiger partial charge in [-0.2, -0.15) is 0 Å². The first kappa shape index (κ1) is 19.0. The predicted molar refractivity (Wildman–Crippen MR) is 104 cm³/mol. The van der Waals surface area contributed by atoms with Crippen LogP contribution in [0.5, 0.6) is 0 Å². The van der Waals surface area contributed by atoms with Crippen LogP contribution < -0.4 is 5.32 Å². The van der Waals surface area contributed by atoms with Gasteiger partial charge in [0.1, 0.15) is 11.3 Å². The van der Waals surface area contributed by atoms with E-state index in [2.05, 4.69) is 36.9 Å². The molecule has 9 heteroatoms. The van der Waals surface area contributed by atoms with Crippen LogP contribution in [-0.4, -0.2) is 36.6 Å². The number of carbonyl (C=O) groups excluding carboxylic acids is 1. The Morgan fingerprint density at radius 3 is 2.92 bits per heavy atom. The number of aromatic nitrogens is 5. The highest BCUT2D eigenvalue weighted by atomic mass is 32.2. The number of allylic oxidation sites excluding steroid dienone is 1. The first-order valence-corrected chi connectivity index (χ1v) is 10.8. The summed E-state index contributed by atoms with van der Waals surface area (Å²) in [5.74, 6) is 1.94. The number of thioether (sulfide) groups is 1. The molecule has 2 heterocycles. The molecule has 1 fully saturated rings. The summed E-state index contributed by atoms with van der Waals surface area (Å²) >= 11 is 2.68. The topological polar surface area (TPSA) is 85.6 Å². The van der Waals surface area contributed by atoms with Crippen molar-refractivity contribution in [1.82, 2.24) is 25.0 Å². The number of hydrogen-bond donors (Lipinski definition) is 1. The Hall–Kier alpha value is -1.74. The van der Waals surface area contributed by atoms with E-state index in [0.717, 1.165) is 29.7 Å². The Morgan fingerprint density at radius 1 is 1.35 bits per heavy atom. The van der Waals surface area contributed by atoms with Gasteiger partial charge in [0.15, 0.2) is 5.16 Å². The lowest BCUT2D eigenvalue weighted by atomic mass is 9.86. The molecule has 0 atom stereocenters. The van der Waals surface area contributed by atoms with E-state index in [1.807, 2.05) is 6.08 Å². The summed E-state index contributed by atoms with van der Waals surface area (Å²) in [6, 6.07) is 0. The number of hydrogen-bond acceptors (Lipinski definition) is 7. The molecule has 1 amide bonds. The SMILES string of the molecule is C=CCn1c(CCC2CCCCC2)nnc1SCC(=O)Nc1nncs1. The molecule has 1 aliphatic carbocycles. The van der Waals surface area contributed by atoms with Crippen molar-refractivity contribution in [2.24, 2.45) is 5.92 Å². The quantitative estimate of drug-likeness (QED) is 0.519. The maximum Gasteiger partial charge on any atom is 0.236 e. The van der Waals surface area contributed by atoms with Gasteiger partial charge in [-0.15, -0.1) is 27.0 Å². The van der Waals surface area contributed by atoms with Gasteiger partial charge in [-0.1, -0.05) is 61.3 Å². The van der Waals surface area contributed by atoms with E-state index in [9.17, 15) is 4.79 Å². The molecule has 0 radical (unpaired) electrons. The number of nitrogens with zero attached hydrogens (tertiary/aromatic N) is 5. The van der Waals surface area contributed by atoms with Gasteiger partial charge in [0, 0.05) is 13.0 Å². The van der Waals surface area contributed by atoms with Crippen molar-refractivity contribution in [3.05, 3.63) is 24.0 Å². The van der Waals surface area contributed by atoms with Crippen LogP contribution in [0.1, 0.15) is 44.3 Å². The second kappa shape index (κ2) is 9.82. The number of anilines is 1. The number of amides is 1. The largest absolute Gasteiger partial charge is 0.302 e. The van der Waals surface area contributed by atoms with E-state index in [0.29, 0.717) is 11.7 Å². The number of rotatable bonds is 9. The molecule has 0 saturated heterocycles. The molecule has 1 saturated carbocycles. The molecule has 0 aromatic carbocycles. The fourth-order valence-corrected chi connectivity index (χ4v) is 4.47. The molecule has 0 bridgehead atoms. The molecular formula is C17H24N6OS2. The van der Waals surface area contributed by atoms with Gasteiger partial charge in [-0.3, -0.25) is 10.1 Å². The third-order valence-corrected chi connectivity index (χ3v) is 6.12. The van der Waals surface area contributed by atoms with Crippen molar-refractivity contribution in [1.29, 1.82) is 0 Å². The Kier molecular flexibility index (Phi) is 7.19. The van der Waals surface area contributed by atoms with Crippen LogP contribution in [0, 0.1) is 5.92 Å². The van der Waals surface area contributed by atoms with Gasteiger partial charge in [0.05, 0.1) is 5.75 Å². The predicted octanol–water partition coefficient (Wildman–Crippen LogP) is 3.56. The molecule has 0 unspecified atom stereocenters. The molecule has 2 aromatic heterocycles. The van der Waals surface area contributed by atoms with Crippen LogP contribution in [0.4, 0.5) is 5.13 Å². The summed E-state index contributed by atoms with van der Waals surface area (Å²) in [7, 11) is 0. The van der Waals surface area contributed by atoms with Gasteiger partial charge in [0.2, 0.25) is 11.0 Å². The van der Waals surface area contributed by atoms with Crippen LogP contribution in [0.15, 0.2) is 23.3 Å². The zero-order valence-electron chi connectivity index (χ0n) is 14.8. The zero-order chi connectivity index (χ0) is 18.2. The molecular weight excluding hydrogens is 368 g/mol. The lowest BCUT2D eigenvalue weighted by Crippen LogP contribution is -2.15. The smallest absolute Gasteiger partial charge is 0.236 e. The van der Waals surface area contributed by atoms with Crippen molar-refractivity contribution < 1.29 is 4.79 Å². The van der Waals surface area contributed by atoms with Crippen LogP contribution in [0.25, 0.3) is 0 Å². The zero-order valence-corrected chi connectivity index (χ0v) is 16.4. The average molecular weight is 393 g/mol. The van der Waals surface area contributed by atoms with Crippen molar-refractivity contribution >= 4 is 34.1 Å². The molecule has 1 N–H and O–H groups in total. The summed E-state index contributed by atoms with van der Waals surface area (Å²) in [5.41, 5.74) is 1.59. The fourth-order valence-electron chi connectivity index (χ4n) is 3.25. The number of nitrogens with one attached hydrogen (secondary N) is 1.